The van der Waals surface area contributed by atoms with Crippen molar-refractivity contribution in [3.8, 4) is 5.75 Å². The molecule has 0 atom stereocenters. The van der Waals surface area contributed by atoms with Crippen molar-refractivity contribution in [3.05, 3.63) is 48.3 Å². The Bertz CT molecular complexity index is 988. The zero-order chi connectivity index (χ0) is 20.4. The molecule has 1 aliphatic heterocycles. The Morgan fingerprint density at radius 3 is 2.96 bits per heavy atom. The summed E-state index contributed by atoms with van der Waals surface area (Å²) < 4.78 is 36.0. The highest BCUT2D eigenvalue weighted by Crippen LogP contribution is 2.25. The van der Waals surface area contributed by atoms with E-state index < -0.39 is 6.50 Å². The summed E-state index contributed by atoms with van der Waals surface area (Å²) in [5.41, 5.74) is 1.81. The molecular formula is C20H24FN5O. The van der Waals surface area contributed by atoms with E-state index in [1.807, 2.05) is 11.1 Å². The predicted octanol–water partition coefficient (Wildman–Crippen LogP) is 2.86. The van der Waals surface area contributed by atoms with Gasteiger partial charge in [0.2, 0.25) is 0 Å². The van der Waals surface area contributed by atoms with E-state index in [0.717, 1.165) is 22.3 Å². The Labute approximate surface area is 160 Å². The number of fused-ring (bicyclic) bond motifs is 1. The van der Waals surface area contributed by atoms with Gasteiger partial charge in [0.1, 0.15) is 12.1 Å². The van der Waals surface area contributed by atoms with Crippen LogP contribution in [-0.2, 0) is 6.42 Å². The topological polar surface area (TPSA) is 57.3 Å². The maximum atomic E-state index is 13.6. The highest BCUT2D eigenvalue weighted by atomic mass is 19.1. The molecule has 7 heteroatoms. The third-order valence-electron chi connectivity index (χ3n) is 4.92. The molecule has 0 aliphatic carbocycles. The van der Waals surface area contributed by atoms with Crippen molar-refractivity contribution in [2.24, 2.45) is 0 Å². The Hall–Kier alpha value is -2.67. The van der Waals surface area contributed by atoms with Crippen molar-refractivity contribution in [2.45, 2.75) is 12.8 Å². The number of H-pyrrole nitrogens is 1. The predicted molar refractivity (Wildman–Crippen MR) is 104 cm³/mol. The van der Waals surface area contributed by atoms with Crippen molar-refractivity contribution in [1.29, 1.82) is 0 Å². The average molecular weight is 373 g/mol. The molecule has 1 aromatic carbocycles. The molecule has 142 valence electrons. The second-order valence-corrected chi connectivity index (χ2v) is 6.55. The summed E-state index contributed by atoms with van der Waals surface area (Å²) >= 11 is 0. The Morgan fingerprint density at radius 1 is 1.30 bits per heavy atom. The highest BCUT2D eigenvalue weighted by molar-refractivity contribution is 5.83. The van der Waals surface area contributed by atoms with Crippen LogP contribution < -0.4 is 9.64 Å². The second kappa shape index (κ2) is 7.92. The molecule has 0 amide bonds. The minimum absolute atomic E-state index is 0.280. The van der Waals surface area contributed by atoms with Gasteiger partial charge < -0.3 is 14.6 Å². The van der Waals surface area contributed by atoms with Crippen LogP contribution in [0.2, 0.25) is 0 Å². The number of ether oxygens (including phenoxy) is 1. The first-order valence-corrected chi connectivity index (χ1v) is 9.07. The van der Waals surface area contributed by atoms with Crippen LogP contribution in [0, 0.1) is 5.82 Å². The fraction of sp³-hybridized carbons (Fsp3) is 0.400. The molecule has 4 rings (SSSR count). The summed E-state index contributed by atoms with van der Waals surface area (Å²) in [7, 11) is 1.59. The van der Waals surface area contributed by atoms with E-state index in [2.05, 4.69) is 19.9 Å². The van der Waals surface area contributed by atoms with Gasteiger partial charge in [-0.1, -0.05) is 0 Å². The molecule has 1 saturated heterocycles. The number of nitrogens with one attached hydrogen (secondary N) is 1. The number of hydrogen-bond acceptors (Lipinski definition) is 5. The standard InChI is InChI=1S/C20H24FN5O/c1-27-19-13-22-14-24-20(19)26-9-7-25(8-10-26)6-2-3-15-12-23-18-5-4-16(21)11-17(15)18/h4-5,11-14,23H,2-3,6-10H2,1H3/i6T2. The lowest BCUT2D eigenvalue weighted by Crippen LogP contribution is -2.47. The molecule has 27 heavy (non-hydrogen) atoms. The van der Waals surface area contributed by atoms with Gasteiger partial charge in [-0.2, -0.15) is 0 Å². The van der Waals surface area contributed by atoms with E-state index in [-0.39, 0.29) is 5.82 Å². The fourth-order valence-corrected chi connectivity index (χ4v) is 3.47. The lowest BCUT2D eigenvalue weighted by atomic mass is 10.1. The third-order valence-corrected chi connectivity index (χ3v) is 4.92. The van der Waals surface area contributed by atoms with Gasteiger partial charge in [-0.3, -0.25) is 4.90 Å². The lowest BCUT2D eigenvalue weighted by molar-refractivity contribution is 0.253. The number of aromatic amines is 1. The molecule has 1 N–H and O–H groups in total. The van der Waals surface area contributed by atoms with E-state index in [9.17, 15) is 4.39 Å². The Balaban J connectivity index is 1.39. The van der Waals surface area contributed by atoms with Gasteiger partial charge in [-0.25, -0.2) is 14.4 Å². The Morgan fingerprint density at radius 2 is 2.15 bits per heavy atom. The van der Waals surface area contributed by atoms with Crippen LogP contribution in [0.15, 0.2) is 36.9 Å². The molecule has 6 nitrogen and oxygen atoms in total. The number of aryl methyl sites for hydroxylation is 1. The maximum Gasteiger partial charge on any atom is 0.179 e. The van der Waals surface area contributed by atoms with Gasteiger partial charge in [0.25, 0.3) is 0 Å². The van der Waals surface area contributed by atoms with E-state index in [1.165, 1.54) is 18.5 Å². The van der Waals surface area contributed by atoms with Crippen LogP contribution in [0.4, 0.5) is 10.2 Å². The molecular weight excluding hydrogens is 345 g/mol. The number of aromatic nitrogens is 3. The van der Waals surface area contributed by atoms with Crippen LogP contribution in [0.3, 0.4) is 0 Å². The summed E-state index contributed by atoms with van der Waals surface area (Å²) in [5.74, 6) is 1.08. The van der Waals surface area contributed by atoms with Gasteiger partial charge in [-0.05, 0) is 43.1 Å². The SMILES string of the molecule is [3H]C([3H])(CCc1c[nH]c2ccc(F)cc12)N1CCN(c2ncncc2OC)CC1. The van der Waals surface area contributed by atoms with Crippen molar-refractivity contribution in [1.82, 2.24) is 19.9 Å². The summed E-state index contributed by atoms with van der Waals surface area (Å²) in [6.45, 7) is 1.04. The lowest BCUT2D eigenvalue weighted by Gasteiger charge is -2.35. The monoisotopic (exact) mass is 373 g/mol. The van der Waals surface area contributed by atoms with Gasteiger partial charge in [0, 0.05) is 46.0 Å². The van der Waals surface area contributed by atoms with Crippen LogP contribution >= 0.6 is 0 Å². The molecule has 1 aliphatic rings. The second-order valence-electron chi connectivity index (χ2n) is 6.55. The fourth-order valence-electron chi connectivity index (χ4n) is 3.47. The van der Waals surface area contributed by atoms with E-state index >= 15 is 0 Å². The molecule has 0 spiro atoms. The number of benzene rings is 1. The average Bonchev–Trinajstić information content (AvgIpc) is 3.14. The van der Waals surface area contributed by atoms with Gasteiger partial charge in [-0.15, -0.1) is 0 Å². The zero-order valence-corrected chi connectivity index (χ0v) is 15.3. The quantitative estimate of drug-likeness (QED) is 0.720. The molecule has 0 bridgehead atoms. The van der Waals surface area contributed by atoms with Gasteiger partial charge in [0.15, 0.2) is 11.6 Å². The highest BCUT2D eigenvalue weighted by Gasteiger charge is 2.20. The van der Waals surface area contributed by atoms with Gasteiger partial charge in [0.05, 0.1) is 13.3 Å². The van der Waals surface area contributed by atoms with Crippen molar-refractivity contribution >= 4 is 16.7 Å². The first-order chi connectivity index (χ1) is 14.0. The number of anilines is 1. The summed E-state index contributed by atoms with van der Waals surface area (Å²) in [5, 5.41) is 0.821. The maximum absolute atomic E-state index is 13.6. The number of halogens is 1. The largest absolute Gasteiger partial charge is 0.491 e. The van der Waals surface area contributed by atoms with Crippen LogP contribution in [-0.4, -0.2) is 59.6 Å². The molecule has 0 saturated carbocycles. The number of rotatable bonds is 6. The summed E-state index contributed by atoms with van der Waals surface area (Å²) in [6.07, 6.45) is 5.86. The van der Waals surface area contributed by atoms with Crippen molar-refractivity contribution in [2.75, 3.05) is 44.7 Å². The number of hydrogen-bond donors (Lipinski definition) is 1. The molecule has 0 radical (unpaired) electrons. The van der Waals surface area contributed by atoms with Crippen LogP contribution in [0.1, 0.15) is 14.7 Å². The van der Waals surface area contributed by atoms with E-state index in [4.69, 9.17) is 7.48 Å². The molecule has 3 heterocycles. The normalized spacial score (nSPS) is 17.0. The number of piperazine rings is 1. The summed E-state index contributed by atoms with van der Waals surface area (Å²) in [4.78, 5) is 15.4. The smallest absolute Gasteiger partial charge is 0.179 e. The first kappa shape index (κ1) is 15.4. The zero-order valence-electron chi connectivity index (χ0n) is 17.3. The first-order valence-electron chi connectivity index (χ1n) is 10.1. The molecule has 1 fully saturated rings. The van der Waals surface area contributed by atoms with Crippen molar-refractivity contribution in [3.63, 3.8) is 0 Å². The third kappa shape index (κ3) is 3.88. The van der Waals surface area contributed by atoms with Gasteiger partial charge >= 0.3 is 0 Å². The Kier molecular flexibility index (Phi) is 4.51. The van der Waals surface area contributed by atoms with Crippen LogP contribution in [0.25, 0.3) is 10.9 Å². The molecule has 2 aromatic heterocycles. The molecule has 0 unspecified atom stereocenters. The summed E-state index contributed by atoms with van der Waals surface area (Å²) in [6, 6.07) is 4.64. The van der Waals surface area contributed by atoms with E-state index in [1.54, 1.807) is 19.4 Å². The van der Waals surface area contributed by atoms with Crippen molar-refractivity contribution < 1.29 is 11.9 Å². The number of methoxy groups -OCH3 is 1. The van der Waals surface area contributed by atoms with E-state index in [0.29, 0.717) is 44.8 Å². The molecule has 3 aromatic rings. The number of nitrogens with zero attached hydrogens (tertiary/aromatic N) is 4. The minimum Gasteiger partial charge on any atom is -0.491 e. The van der Waals surface area contributed by atoms with Crippen LogP contribution in [0.5, 0.6) is 5.75 Å². The minimum atomic E-state index is -1.45.